The maximum absolute atomic E-state index is 13.3. The molecule has 1 aliphatic heterocycles. The van der Waals surface area contributed by atoms with E-state index in [-0.39, 0.29) is 5.82 Å². The smallest absolute Gasteiger partial charge is 0.123 e. The Hall–Kier alpha value is -1.35. The Labute approximate surface area is 100 Å². The Morgan fingerprint density at radius 2 is 2.24 bits per heavy atom. The molecule has 1 aromatic carbocycles. The second-order valence-electron chi connectivity index (χ2n) is 4.88. The van der Waals surface area contributed by atoms with Gasteiger partial charge >= 0.3 is 0 Å². The van der Waals surface area contributed by atoms with Crippen molar-refractivity contribution < 1.29 is 4.39 Å². The third-order valence-corrected chi connectivity index (χ3v) is 3.86. The predicted octanol–water partition coefficient (Wildman–Crippen LogP) is 3.05. The molecule has 1 aliphatic rings. The fraction of sp³-hybridized carbons (Fsp3) is 0.429. The van der Waals surface area contributed by atoms with E-state index in [4.69, 9.17) is 0 Å². The molecule has 1 atom stereocenters. The van der Waals surface area contributed by atoms with Crippen LogP contribution >= 0.6 is 0 Å². The number of nitrogens with zero attached hydrogens (tertiary/aromatic N) is 1. The van der Waals surface area contributed by atoms with Crippen LogP contribution in [0.15, 0.2) is 18.2 Å². The number of benzene rings is 1. The zero-order valence-electron chi connectivity index (χ0n) is 10.3. The highest BCUT2D eigenvalue weighted by atomic mass is 19.1. The summed E-state index contributed by atoms with van der Waals surface area (Å²) >= 11 is 0. The van der Waals surface area contributed by atoms with E-state index in [2.05, 4.69) is 23.9 Å². The number of rotatable bonds is 1. The highest BCUT2D eigenvalue weighted by molar-refractivity contribution is 5.85. The first-order chi connectivity index (χ1) is 8.18. The molecule has 0 bridgehead atoms. The van der Waals surface area contributed by atoms with Crippen LogP contribution in [0, 0.1) is 12.7 Å². The molecule has 0 aliphatic carbocycles. The molecule has 1 saturated heterocycles. The first kappa shape index (κ1) is 10.8. The van der Waals surface area contributed by atoms with Crippen LogP contribution in [0.3, 0.4) is 0 Å². The van der Waals surface area contributed by atoms with Gasteiger partial charge in [0.1, 0.15) is 5.82 Å². The lowest BCUT2D eigenvalue weighted by molar-refractivity contribution is 0.600. The molecule has 2 nitrogen and oxygen atoms in total. The zero-order valence-corrected chi connectivity index (χ0v) is 10.3. The molecule has 0 spiro atoms. The Morgan fingerprint density at radius 3 is 2.94 bits per heavy atom. The van der Waals surface area contributed by atoms with Crippen LogP contribution in [0.5, 0.6) is 0 Å². The summed E-state index contributed by atoms with van der Waals surface area (Å²) in [5.41, 5.74) is 3.64. The van der Waals surface area contributed by atoms with Crippen molar-refractivity contribution in [2.45, 2.75) is 25.8 Å². The van der Waals surface area contributed by atoms with Gasteiger partial charge in [0.2, 0.25) is 0 Å². The molecule has 2 heterocycles. The minimum Gasteiger partial charge on any atom is -0.346 e. The molecule has 0 saturated carbocycles. The van der Waals surface area contributed by atoms with E-state index in [1.54, 1.807) is 6.07 Å². The Morgan fingerprint density at radius 1 is 1.41 bits per heavy atom. The largest absolute Gasteiger partial charge is 0.346 e. The van der Waals surface area contributed by atoms with Crippen LogP contribution in [0.4, 0.5) is 4.39 Å². The number of aromatic nitrogens is 1. The maximum atomic E-state index is 13.3. The number of halogens is 1. The van der Waals surface area contributed by atoms with Gasteiger partial charge in [-0.25, -0.2) is 4.39 Å². The summed E-state index contributed by atoms with van der Waals surface area (Å²) in [6.45, 7) is 3.18. The van der Waals surface area contributed by atoms with Gasteiger partial charge in [0.25, 0.3) is 0 Å². The van der Waals surface area contributed by atoms with Crippen molar-refractivity contribution in [1.82, 2.24) is 9.88 Å². The van der Waals surface area contributed by atoms with E-state index in [1.807, 2.05) is 6.07 Å². The molecule has 1 N–H and O–H groups in total. The van der Waals surface area contributed by atoms with Crippen molar-refractivity contribution >= 4 is 10.9 Å². The summed E-state index contributed by atoms with van der Waals surface area (Å²) in [6, 6.07) is 5.47. The molecule has 1 fully saturated rings. The fourth-order valence-electron chi connectivity index (χ4n) is 3.03. The molecule has 3 rings (SSSR count). The molecule has 0 radical (unpaired) electrons. The Balaban J connectivity index is 2.24. The molecule has 1 unspecified atom stereocenters. The maximum Gasteiger partial charge on any atom is 0.123 e. The summed E-state index contributed by atoms with van der Waals surface area (Å²) in [7, 11) is 2.07. The first-order valence-corrected chi connectivity index (χ1v) is 6.16. The molecule has 2 aromatic rings. The molecule has 1 aromatic heterocycles. The molecule has 17 heavy (non-hydrogen) atoms. The summed E-state index contributed by atoms with van der Waals surface area (Å²) in [5.74, 6) is -0.155. The van der Waals surface area contributed by atoms with Crippen molar-refractivity contribution in [3.63, 3.8) is 0 Å². The third-order valence-electron chi connectivity index (χ3n) is 3.86. The minimum absolute atomic E-state index is 0.155. The highest BCUT2D eigenvalue weighted by Crippen LogP contribution is 2.32. The van der Waals surface area contributed by atoms with Crippen LogP contribution in [0.25, 0.3) is 10.9 Å². The third kappa shape index (κ3) is 1.57. The highest BCUT2D eigenvalue weighted by Gasteiger charge is 2.23. The summed E-state index contributed by atoms with van der Waals surface area (Å²) in [5, 5.41) is 4.55. The van der Waals surface area contributed by atoms with Crippen LogP contribution in [0.2, 0.25) is 0 Å². The average Bonchev–Trinajstić information content (AvgIpc) is 2.88. The van der Waals surface area contributed by atoms with E-state index >= 15 is 0 Å². The summed E-state index contributed by atoms with van der Waals surface area (Å²) in [6.07, 6.45) is 2.40. The van der Waals surface area contributed by atoms with Gasteiger partial charge in [-0.1, -0.05) is 0 Å². The van der Waals surface area contributed by atoms with Crippen molar-refractivity contribution in [3.05, 3.63) is 35.3 Å². The standard InChI is InChI=1S/C14H17FN2/c1-9-11-8-10(15)5-6-13(11)17(2)14(9)12-4-3-7-16-12/h5-6,8,12,16H,3-4,7H2,1-2H3. The van der Waals surface area contributed by atoms with Crippen molar-refractivity contribution in [2.24, 2.45) is 7.05 Å². The van der Waals surface area contributed by atoms with Gasteiger partial charge in [0.05, 0.1) is 0 Å². The lowest BCUT2D eigenvalue weighted by Crippen LogP contribution is -2.16. The van der Waals surface area contributed by atoms with E-state index in [1.165, 1.54) is 30.2 Å². The zero-order chi connectivity index (χ0) is 12.0. The fourth-order valence-corrected chi connectivity index (χ4v) is 3.03. The summed E-state index contributed by atoms with van der Waals surface area (Å²) in [4.78, 5) is 0. The van der Waals surface area contributed by atoms with Crippen LogP contribution in [-0.2, 0) is 7.05 Å². The van der Waals surface area contributed by atoms with Crippen molar-refractivity contribution in [1.29, 1.82) is 0 Å². The van der Waals surface area contributed by atoms with Gasteiger partial charge in [-0.2, -0.15) is 0 Å². The normalized spacial score (nSPS) is 20.3. The van der Waals surface area contributed by atoms with Crippen LogP contribution < -0.4 is 5.32 Å². The Bertz CT molecular complexity index is 565. The lowest BCUT2D eigenvalue weighted by Gasteiger charge is -2.13. The molecule has 0 amide bonds. The quantitative estimate of drug-likeness (QED) is 0.799. The van der Waals surface area contributed by atoms with Gasteiger partial charge in [-0.05, 0) is 50.1 Å². The number of nitrogens with one attached hydrogen (secondary N) is 1. The number of hydrogen-bond acceptors (Lipinski definition) is 1. The summed E-state index contributed by atoms with van der Waals surface area (Å²) < 4.78 is 15.5. The van der Waals surface area contributed by atoms with Gasteiger partial charge in [0, 0.05) is 29.7 Å². The number of aryl methyl sites for hydroxylation is 2. The molecular formula is C14H17FN2. The lowest BCUT2D eigenvalue weighted by atomic mass is 10.1. The van der Waals surface area contributed by atoms with E-state index in [0.29, 0.717) is 6.04 Å². The van der Waals surface area contributed by atoms with Crippen LogP contribution in [0.1, 0.15) is 30.1 Å². The molecule has 3 heteroatoms. The predicted molar refractivity (Wildman–Crippen MR) is 67.6 cm³/mol. The van der Waals surface area contributed by atoms with Gasteiger partial charge < -0.3 is 9.88 Å². The van der Waals surface area contributed by atoms with E-state index in [9.17, 15) is 4.39 Å². The Kier molecular flexibility index (Phi) is 2.44. The average molecular weight is 232 g/mol. The second kappa shape index (κ2) is 3.84. The molecule has 90 valence electrons. The van der Waals surface area contributed by atoms with Gasteiger partial charge in [-0.3, -0.25) is 0 Å². The minimum atomic E-state index is -0.155. The van der Waals surface area contributed by atoms with Crippen molar-refractivity contribution in [3.8, 4) is 0 Å². The number of hydrogen-bond donors (Lipinski definition) is 1. The second-order valence-corrected chi connectivity index (χ2v) is 4.88. The first-order valence-electron chi connectivity index (χ1n) is 6.16. The van der Waals surface area contributed by atoms with Crippen LogP contribution in [-0.4, -0.2) is 11.1 Å². The SMILES string of the molecule is Cc1c(C2CCCN2)n(C)c2ccc(F)cc12. The topological polar surface area (TPSA) is 17.0 Å². The van der Waals surface area contributed by atoms with E-state index < -0.39 is 0 Å². The van der Waals surface area contributed by atoms with E-state index in [0.717, 1.165) is 17.4 Å². The monoisotopic (exact) mass is 232 g/mol. The van der Waals surface area contributed by atoms with Gasteiger partial charge in [0.15, 0.2) is 0 Å². The van der Waals surface area contributed by atoms with Crippen molar-refractivity contribution in [2.75, 3.05) is 6.54 Å². The number of fused-ring (bicyclic) bond motifs is 1. The molecular weight excluding hydrogens is 215 g/mol. The van der Waals surface area contributed by atoms with Gasteiger partial charge in [-0.15, -0.1) is 0 Å².